The lowest BCUT2D eigenvalue weighted by Gasteiger charge is -2.10. The van der Waals surface area contributed by atoms with Gasteiger partial charge >= 0.3 is 11.4 Å². The summed E-state index contributed by atoms with van der Waals surface area (Å²) in [6.45, 7) is 6.93. The average Bonchev–Trinajstić information content (AvgIpc) is 2.53. The highest BCUT2D eigenvalue weighted by atomic mass is 79.9. The minimum atomic E-state index is -0.514. The maximum Gasteiger partial charge on any atom is 0.306 e. The standard InChI is InChI=1S/C9H11BrN2O2.C6H5BrN2O2.C3H6O.CH4/c1-6(2)11-8-5-3-4-7(10)9(8)12(13)14;7-4-2-1-3-5(8)6(4)9(10)11;1-3(2)4;/h3-6,11H,1-2H3;1-3H,8H2;1-2H3;1H4. The topological polar surface area (TPSA) is 141 Å². The molecule has 11 heteroatoms. The van der Waals surface area contributed by atoms with E-state index in [1.165, 1.54) is 19.9 Å². The Balaban J connectivity index is 0. The maximum atomic E-state index is 10.8. The molecule has 0 aliphatic rings. The number of para-hydroxylation sites is 2. The van der Waals surface area contributed by atoms with Crippen molar-refractivity contribution in [3.8, 4) is 0 Å². The van der Waals surface area contributed by atoms with E-state index in [0.29, 0.717) is 14.6 Å². The normalized spacial score (nSPS) is 9.17. The van der Waals surface area contributed by atoms with Crippen molar-refractivity contribution < 1.29 is 14.6 Å². The zero-order chi connectivity index (χ0) is 22.7. The van der Waals surface area contributed by atoms with Crippen molar-refractivity contribution in [3.63, 3.8) is 0 Å². The quantitative estimate of drug-likeness (QED) is 0.257. The number of benzene rings is 2. The molecular weight excluding hydrogens is 524 g/mol. The molecule has 3 N–H and O–H groups in total. The summed E-state index contributed by atoms with van der Waals surface area (Å²) in [4.78, 5) is 29.6. The Hall–Kier alpha value is -2.53. The third kappa shape index (κ3) is 10.9. The number of carbonyl (C=O) groups excluding carboxylic acids is 1. The number of nitrogens with two attached hydrogens (primary N) is 1. The Morgan fingerprint density at radius 3 is 1.70 bits per heavy atom. The van der Waals surface area contributed by atoms with Gasteiger partial charge in [-0.1, -0.05) is 19.6 Å². The van der Waals surface area contributed by atoms with E-state index >= 15 is 0 Å². The molecule has 2 rings (SSSR count). The number of anilines is 2. The second-order valence-electron chi connectivity index (χ2n) is 6.04. The lowest BCUT2D eigenvalue weighted by atomic mass is 10.2. The van der Waals surface area contributed by atoms with Gasteiger partial charge in [0.2, 0.25) is 0 Å². The second kappa shape index (κ2) is 14.5. The highest BCUT2D eigenvalue weighted by molar-refractivity contribution is 9.11. The van der Waals surface area contributed by atoms with E-state index in [0.717, 1.165) is 0 Å². The van der Waals surface area contributed by atoms with Crippen molar-refractivity contribution in [2.45, 2.75) is 41.2 Å². The van der Waals surface area contributed by atoms with E-state index in [1.54, 1.807) is 30.3 Å². The zero-order valence-corrected chi connectivity index (χ0v) is 19.5. The SMILES string of the molecule is C.CC(C)=O.CC(C)Nc1cccc(Br)c1[N+](=O)[O-].Nc1cccc(Br)c1[N+](=O)[O-]. The molecule has 166 valence electrons. The molecule has 2 aromatic carbocycles. The van der Waals surface area contributed by atoms with Crippen LogP contribution < -0.4 is 11.1 Å². The van der Waals surface area contributed by atoms with E-state index in [9.17, 15) is 25.0 Å². The number of nitrogens with zero attached hydrogens (tertiary/aromatic N) is 2. The molecule has 0 radical (unpaired) electrons. The van der Waals surface area contributed by atoms with E-state index in [1.807, 2.05) is 13.8 Å². The number of halogens is 2. The molecule has 0 bridgehead atoms. The smallest absolute Gasteiger partial charge is 0.306 e. The molecule has 0 saturated carbocycles. The van der Waals surface area contributed by atoms with Gasteiger partial charge in [-0.3, -0.25) is 20.2 Å². The molecule has 0 fully saturated rings. The Morgan fingerprint density at radius 2 is 1.37 bits per heavy atom. The predicted octanol–water partition coefficient (Wildman–Crippen LogP) is 6.35. The number of nitro groups is 2. The summed E-state index contributed by atoms with van der Waals surface area (Å²) in [6, 6.07) is 10.0. The van der Waals surface area contributed by atoms with Crippen LogP contribution in [-0.2, 0) is 4.79 Å². The van der Waals surface area contributed by atoms with Crippen LogP contribution in [0.1, 0.15) is 35.1 Å². The summed E-state index contributed by atoms with van der Waals surface area (Å²) >= 11 is 6.18. The molecular formula is C19H26Br2N4O5. The number of nitrogens with one attached hydrogen (secondary N) is 1. The maximum absolute atomic E-state index is 10.8. The molecule has 0 aliphatic heterocycles. The molecule has 0 aliphatic carbocycles. The van der Waals surface area contributed by atoms with Crippen LogP contribution in [0, 0.1) is 20.2 Å². The first-order valence-corrected chi connectivity index (χ1v) is 9.82. The molecule has 0 saturated heterocycles. The summed E-state index contributed by atoms with van der Waals surface area (Å²) in [5.41, 5.74) is 6.07. The van der Waals surface area contributed by atoms with E-state index < -0.39 is 9.85 Å². The predicted molar refractivity (Wildman–Crippen MR) is 128 cm³/mol. The number of carbonyl (C=O) groups is 1. The molecule has 2 aromatic rings. The number of nitro benzene ring substituents is 2. The van der Waals surface area contributed by atoms with Crippen molar-refractivity contribution in [1.82, 2.24) is 0 Å². The minimum absolute atomic E-state index is 0. The lowest BCUT2D eigenvalue weighted by molar-refractivity contribution is -0.384. The van der Waals surface area contributed by atoms with Gasteiger partial charge < -0.3 is 15.8 Å². The molecule has 9 nitrogen and oxygen atoms in total. The first kappa shape index (κ1) is 29.7. The molecule has 0 aromatic heterocycles. The largest absolute Gasteiger partial charge is 0.393 e. The van der Waals surface area contributed by atoms with E-state index in [4.69, 9.17) is 5.73 Å². The van der Waals surface area contributed by atoms with Crippen molar-refractivity contribution in [2.75, 3.05) is 11.1 Å². The van der Waals surface area contributed by atoms with Crippen molar-refractivity contribution >= 4 is 60.4 Å². The van der Waals surface area contributed by atoms with Gasteiger partial charge in [0.1, 0.15) is 17.2 Å². The Bertz CT molecular complexity index is 852. The summed E-state index contributed by atoms with van der Waals surface area (Å²) in [5.74, 6) is 0.167. The lowest BCUT2D eigenvalue weighted by Crippen LogP contribution is -2.11. The van der Waals surface area contributed by atoms with Gasteiger partial charge in [-0.2, -0.15) is 0 Å². The summed E-state index contributed by atoms with van der Waals surface area (Å²) in [6.07, 6.45) is 0. The summed E-state index contributed by atoms with van der Waals surface area (Å²) in [5, 5.41) is 24.1. The number of nitrogen functional groups attached to an aromatic ring is 1. The summed E-state index contributed by atoms with van der Waals surface area (Å²) < 4.78 is 0.899. The Labute approximate surface area is 192 Å². The number of rotatable bonds is 4. The Kier molecular flexibility index (Phi) is 14.3. The highest BCUT2D eigenvalue weighted by Crippen LogP contribution is 2.33. The van der Waals surface area contributed by atoms with E-state index in [2.05, 4.69) is 37.2 Å². The third-order valence-corrected chi connectivity index (χ3v) is 4.09. The van der Waals surface area contributed by atoms with Crippen LogP contribution in [0.25, 0.3) is 0 Å². The minimum Gasteiger partial charge on any atom is -0.393 e. The van der Waals surface area contributed by atoms with Crippen LogP contribution >= 0.6 is 31.9 Å². The third-order valence-electron chi connectivity index (χ3n) is 2.81. The fourth-order valence-corrected chi connectivity index (χ4v) is 2.89. The zero-order valence-electron chi connectivity index (χ0n) is 16.3. The van der Waals surface area contributed by atoms with Crippen molar-refractivity contribution in [2.24, 2.45) is 0 Å². The molecule has 0 amide bonds. The van der Waals surface area contributed by atoms with Crippen LogP contribution in [0.2, 0.25) is 0 Å². The average molecular weight is 550 g/mol. The van der Waals surface area contributed by atoms with Crippen LogP contribution in [0.5, 0.6) is 0 Å². The van der Waals surface area contributed by atoms with Gasteiger partial charge in [0.05, 0.1) is 18.8 Å². The molecule has 0 atom stereocenters. The van der Waals surface area contributed by atoms with Crippen LogP contribution in [0.15, 0.2) is 45.3 Å². The van der Waals surface area contributed by atoms with Gasteiger partial charge in [0.25, 0.3) is 0 Å². The molecule has 0 unspecified atom stereocenters. The van der Waals surface area contributed by atoms with Gasteiger partial charge in [0, 0.05) is 6.04 Å². The number of Topliss-reactive ketones (excluding diaryl/α,β-unsaturated/α-hetero) is 1. The number of ketones is 1. The highest BCUT2D eigenvalue weighted by Gasteiger charge is 2.18. The number of hydrogen-bond donors (Lipinski definition) is 2. The monoisotopic (exact) mass is 548 g/mol. The fourth-order valence-electron chi connectivity index (χ4n) is 1.85. The van der Waals surface area contributed by atoms with Gasteiger partial charge in [-0.05, 0) is 83.8 Å². The fraction of sp³-hybridized carbons (Fsp3) is 0.316. The second-order valence-corrected chi connectivity index (χ2v) is 7.74. The van der Waals surface area contributed by atoms with Crippen LogP contribution in [-0.4, -0.2) is 21.7 Å². The first-order valence-electron chi connectivity index (χ1n) is 8.23. The summed E-state index contributed by atoms with van der Waals surface area (Å²) in [7, 11) is 0. The molecule has 0 spiro atoms. The first-order chi connectivity index (χ1) is 13.4. The van der Waals surface area contributed by atoms with Gasteiger partial charge in [-0.15, -0.1) is 0 Å². The Morgan fingerprint density at radius 1 is 0.967 bits per heavy atom. The molecule has 30 heavy (non-hydrogen) atoms. The molecule has 0 heterocycles. The van der Waals surface area contributed by atoms with Crippen molar-refractivity contribution in [3.05, 3.63) is 65.6 Å². The van der Waals surface area contributed by atoms with Gasteiger partial charge in [-0.25, -0.2) is 0 Å². The van der Waals surface area contributed by atoms with Gasteiger partial charge in [0.15, 0.2) is 0 Å². The van der Waals surface area contributed by atoms with Crippen LogP contribution in [0.4, 0.5) is 22.7 Å². The van der Waals surface area contributed by atoms with E-state index in [-0.39, 0.29) is 36.3 Å². The number of hydrogen-bond acceptors (Lipinski definition) is 7. The van der Waals surface area contributed by atoms with Crippen molar-refractivity contribution in [1.29, 1.82) is 0 Å². The van der Waals surface area contributed by atoms with Crippen LogP contribution in [0.3, 0.4) is 0 Å².